The standard InChI is InChI=1S/C22H30N2O4S/c1-4-5-6-9-14-23-21(25)11-8-7-10-15-24-17-22(2,3)19-16-18(29(26,27)28)12-13-20(19)24/h1,12-13,16-17H,5-11,14-15H2,2-3H3,(H-,23,25,26,27,28)/p+1. The van der Waals surface area contributed by atoms with Crippen molar-refractivity contribution in [3.8, 4) is 12.3 Å². The first-order chi connectivity index (χ1) is 13.6. The maximum atomic E-state index is 11.8. The number of rotatable bonds is 11. The monoisotopic (exact) mass is 419 g/mol. The predicted octanol–water partition coefficient (Wildman–Crippen LogP) is 3.42. The third kappa shape index (κ3) is 6.69. The second kappa shape index (κ2) is 10.0. The quantitative estimate of drug-likeness (QED) is 0.249. The van der Waals surface area contributed by atoms with E-state index in [1.54, 1.807) is 12.1 Å². The van der Waals surface area contributed by atoms with Crippen molar-refractivity contribution in [1.82, 2.24) is 5.32 Å². The number of nitrogens with one attached hydrogen (secondary N) is 1. The molecule has 0 spiro atoms. The molecule has 0 bridgehead atoms. The second-order valence-electron chi connectivity index (χ2n) is 8.02. The van der Waals surface area contributed by atoms with E-state index in [9.17, 15) is 17.8 Å². The van der Waals surface area contributed by atoms with Gasteiger partial charge in [0.05, 0.1) is 10.3 Å². The van der Waals surface area contributed by atoms with Crippen LogP contribution in [0.5, 0.6) is 0 Å². The maximum Gasteiger partial charge on any atom is 0.294 e. The smallest absolute Gasteiger partial charge is 0.294 e. The molecule has 2 N–H and O–H groups in total. The highest BCUT2D eigenvalue weighted by molar-refractivity contribution is 7.85. The van der Waals surface area contributed by atoms with Gasteiger partial charge in [-0.2, -0.15) is 8.42 Å². The molecule has 0 aromatic heterocycles. The van der Waals surface area contributed by atoms with Crippen LogP contribution in [0.1, 0.15) is 64.4 Å². The molecule has 0 unspecified atom stereocenters. The van der Waals surface area contributed by atoms with Crippen molar-refractivity contribution in [1.29, 1.82) is 0 Å². The van der Waals surface area contributed by atoms with Gasteiger partial charge in [-0.15, -0.1) is 12.3 Å². The van der Waals surface area contributed by atoms with Crippen molar-refractivity contribution in [3.63, 3.8) is 0 Å². The largest absolute Gasteiger partial charge is 0.356 e. The number of terminal acetylenes is 1. The molecular formula is C22H31N2O4S+. The van der Waals surface area contributed by atoms with Gasteiger partial charge in [-0.25, -0.2) is 4.58 Å². The Morgan fingerprint density at radius 1 is 1.21 bits per heavy atom. The lowest BCUT2D eigenvalue weighted by Crippen LogP contribution is -2.24. The van der Waals surface area contributed by atoms with E-state index in [-0.39, 0.29) is 16.2 Å². The summed E-state index contributed by atoms with van der Waals surface area (Å²) in [7, 11) is -4.22. The predicted molar refractivity (Wildman–Crippen MR) is 114 cm³/mol. The fourth-order valence-electron chi connectivity index (χ4n) is 3.57. The Morgan fingerprint density at radius 2 is 1.97 bits per heavy atom. The van der Waals surface area contributed by atoms with Gasteiger partial charge in [-0.3, -0.25) is 9.35 Å². The van der Waals surface area contributed by atoms with E-state index in [2.05, 4.69) is 22.0 Å². The average molecular weight is 420 g/mol. The van der Waals surface area contributed by atoms with Gasteiger partial charge in [0.1, 0.15) is 6.54 Å². The van der Waals surface area contributed by atoms with E-state index in [4.69, 9.17) is 6.42 Å². The van der Waals surface area contributed by atoms with Crippen molar-refractivity contribution < 1.29 is 22.3 Å². The van der Waals surface area contributed by atoms with Crippen LogP contribution in [-0.4, -0.2) is 42.8 Å². The number of fused-ring (bicyclic) bond motifs is 1. The third-order valence-corrected chi connectivity index (χ3v) is 5.97. The highest BCUT2D eigenvalue weighted by Crippen LogP contribution is 2.37. The molecule has 1 aliphatic heterocycles. The Morgan fingerprint density at radius 3 is 2.66 bits per heavy atom. The molecule has 0 fully saturated rings. The molecule has 0 radical (unpaired) electrons. The van der Waals surface area contributed by atoms with Gasteiger partial charge in [0.15, 0.2) is 6.21 Å². The van der Waals surface area contributed by atoms with Crippen LogP contribution in [0, 0.1) is 12.3 Å². The fraction of sp³-hybridized carbons (Fsp3) is 0.545. The SMILES string of the molecule is C#CCCCCNC(=O)CCCCC[N+]1=CC(C)(C)c2cc(S(=O)(=O)O)ccc21. The summed E-state index contributed by atoms with van der Waals surface area (Å²) in [6.07, 6.45) is 13.1. The van der Waals surface area contributed by atoms with Gasteiger partial charge < -0.3 is 5.32 Å². The lowest BCUT2D eigenvalue weighted by molar-refractivity contribution is -0.434. The summed E-state index contributed by atoms with van der Waals surface area (Å²) in [5, 5.41) is 2.92. The summed E-state index contributed by atoms with van der Waals surface area (Å²) in [4.78, 5) is 11.7. The van der Waals surface area contributed by atoms with Gasteiger partial charge in [-0.1, -0.05) is 0 Å². The highest BCUT2D eigenvalue weighted by Gasteiger charge is 2.37. The van der Waals surface area contributed by atoms with Crippen molar-refractivity contribution in [2.24, 2.45) is 0 Å². The van der Waals surface area contributed by atoms with Crippen LogP contribution in [0.4, 0.5) is 5.69 Å². The van der Waals surface area contributed by atoms with Crippen LogP contribution in [-0.2, 0) is 20.3 Å². The van der Waals surface area contributed by atoms with Crippen LogP contribution in [0.15, 0.2) is 23.1 Å². The van der Waals surface area contributed by atoms with Gasteiger partial charge in [0, 0.05) is 37.4 Å². The van der Waals surface area contributed by atoms with E-state index >= 15 is 0 Å². The average Bonchev–Trinajstić information content (AvgIpc) is 2.90. The first-order valence-corrected chi connectivity index (χ1v) is 11.5. The molecule has 0 saturated heterocycles. The van der Waals surface area contributed by atoms with Crippen molar-refractivity contribution in [2.75, 3.05) is 13.1 Å². The van der Waals surface area contributed by atoms with Gasteiger partial charge in [0.25, 0.3) is 10.1 Å². The molecule has 6 nitrogen and oxygen atoms in total. The number of unbranched alkanes of at least 4 members (excludes halogenated alkanes) is 4. The van der Waals surface area contributed by atoms with Gasteiger partial charge >= 0.3 is 0 Å². The van der Waals surface area contributed by atoms with Crippen LogP contribution in [0.25, 0.3) is 0 Å². The van der Waals surface area contributed by atoms with E-state index in [0.29, 0.717) is 13.0 Å². The first kappa shape index (κ1) is 23.1. The number of hydrogen-bond acceptors (Lipinski definition) is 3. The van der Waals surface area contributed by atoms with Crippen LogP contribution in [0.3, 0.4) is 0 Å². The minimum absolute atomic E-state index is 0.0788. The number of hydrogen-bond donors (Lipinski definition) is 2. The molecule has 1 aromatic rings. The Hall–Kier alpha value is -2.17. The number of amides is 1. The lowest BCUT2D eigenvalue weighted by atomic mass is 9.87. The molecule has 1 aliphatic rings. The fourth-order valence-corrected chi connectivity index (χ4v) is 4.08. The zero-order chi connectivity index (χ0) is 21.5. The van der Waals surface area contributed by atoms with Crippen molar-refractivity contribution in [2.45, 2.75) is 69.1 Å². The Bertz CT molecular complexity index is 911. The number of carbonyl (C=O) groups excluding carboxylic acids is 1. The summed E-state index contributed by atoms with van der Waals surface area (Å²) in [5.41, 5.74) is 1.54. The first-order valence-electron chi connectivity index (χ1n) is 10.1. The summed E-state index contributed by atoms with van der Waals surface area (Å²) < 4.78 is 34.3. The van der Waals surface area contributed by atoms with E-state index in [0.717, 1.165) is 56.3 Å². The number of benzene rings is 1. The molecule has 29 heavy (non-hydrogen) atoms. The molecule has 1 amide bonds. The van der Waals surface area contributed by atoms with Crippen molar-refractivity contribution >= 4 is 27.9 Å². The van der Waals surface area contributed by atoms with Gasteiger partial charge in [-0.05, 0) is 51.7 Å². The van der Waals surface area contributed by atoms with Gasteiger partial charge in [0.2, 0.25) is 11.6 Å². The maximum absolute atomic E-state index is 11.8. The van der Waals surface area contributed by atoms with E-state index in [1.807, 2.05) is 13.8 Å². The molecular weight excluding hydrogens is 388 g/mol. The Balaban J connectivity index is 1.78. The number of nitrogens with zero attached hydrogens (tertiary/aromatic N) is 1. The Kier molecular flexibility index (Phi) is 8.00. The normalized spacial score (nSPS) is 14.8. The highest BCUT2D eigenvalue weighted by atomic mass is 32.2. The van der Waals surface area contributed by atoms with E-state index < -0.39 is 10.1 Å². The molecule has 0 saturated carbocycles. The summed E-state index contributed by atoms with van der Waals surface area (Å²) in [5.74, 6) is 2.68. The van der Waals surface area contributed by atoms with Crippen molar-refractivity contribution in [3.05, 3.63) is 23.8 Å². The topological polar surface area (TPSA) is 86.5 Å². The zero-order valence-electron chi connectivity index (χ0n) is 17.3. The summed E-state index contributed by atoms with van der Waals surface area (Å²) in [6.45, 7) is 5.52. The molecule has 158 valence electrons. The molecule has 2 rings (SSSR count). The van der Waals surface area contributed by atoms with Crippen LogP contribution in [0.2, 0.25) is 0 Å². The minimum atomic E-state index is -4.22. The van der Waals surface area contributed by atoms with Crippen LogP contribution < -0.4 is 5.32 Å². The third-order valence-electron chi connectivity index (χ3n) is 5.12. The molecule has 1 heterocycles. The molecule has 0 atom stereocenters. The number of carbonyl (C=O) groups is 1. The molecule has 7 heteroatoms. The minimum Gasteiger partial charge on any atom is -0.356 e. The zero-order valence-corrected chi connectivity index (χ0v) is 18.1. The molecule has 1 aromatic carbocycles. The lowest BCUT2D eigenvalue weighted by Gasteiger charge is -2.11. The van der Waals surface area contributed by atoms with E-state index in [1.165, 1.54) is 6.07 Å². The molecule has 0 aliphatic carbocycles. The summed E-state index contributed by atoms with van der Waals surface area (Å²) in [6, 6.07) is 4.73. The second-order valence-corrected chi connectivity index (χ2v) is 9.44. The Labute approximate surface area is 174 Å². The summed E-state index contributed by atoms with van der Waals surface area (Å²) >= 11 is 0. The van der Waals surface area contributed by atoms with Crippen LogP contribution >= 0.6 is 0 Å².